The SMILES string of the molecule is C=C[C@]1(CCCC)C(=O)[C@H]2CCC=C[C@H]21. The second-order valence-corrected chi connectivity index (χ2v) is 4.85. The number of ketones is 1. The molecule has 0 amide bonds. The Morgan fingerprint density at radius 1 is 1.67 bits per heavy atom. The molecule has 82 valence electrons. The summed E-state index contributed by atoms with van der Waals surface area (Å²) in [5.74, 6) is 1.23. The molecule has 1 nitrogen and oxygen atoms in total. The first-order chi connectivity index (χ1) is 7.26. The predicted molar refractivity (Wildman–Crippen MR) is 62.5 cm³/mol. The average Bonchev–Trinajstić information content (AvgIpc) is 2.30. The lowest BCUT2D eigenvalue weighted by Gasteiger charge is -2.52. The van der Waals surface area contributed by atoms with Gasteiger partial charge in [-0.25, -0.2) is 0 Å². The molecule has 1 heteroatoms. The van der Waals surface area contributed by atoms with E-state index in [4.69, 9.17) is 0 Å². The van der Waals surface area contributed by atoms with Crippen LogP contribution in [0.3, 0.4) is 0 Å². The minimum atomic E-state index is -0.197. The van der Waals surface area contributed by atoms with E-state index in [2.05, 4.69) is 25.7 Å². The van der Waals surface area contributed by atoms with E-state index < -0.39 is 0 Å². The number of hydrogen-bond donors (Lipinski definition) is 0. The fourth-order valence-electron chi connectivity index (χ4n) is 3.17. The molecule has 2 aliphatic rings. The van der Waals surface area contributed by atoms with Crippen molar-refractivity contribution >= 4 is 5.78 Å². The van der Waals surface area contributed by atoms with Crippen molar-refractivity contribution in [3.8, 4) is 0 Å². The maximum absolute atomic E-state index is 12.1. The van der Waals surface area contributed by atoms with Crippen molar-refractivity contribution in [3.63, 3.8) is 0 Å². The van der Waals surface area contributed by atoms with Crippen LogP contribution in [0.2, 0.25) is 0 Å². The molecule has 0 aromatic carbocycles. The molecule has 2 aliphatic carbocycles. The lowest BCUT2D eigenvalue weighted by Crippen LogP contribution is -2.56. The fraction of sp³-hybridized carbons (Fsp3) is 0.643. The topological polar surface area (TPSA) is 17.1 Å². The van der Waals surface area contributed by atoms with E-state index in [0.29, 0.717) is 17.6 Å². The van der Waals surface area contributed by atoms with Crippen LogP contribution in [0.1, 0.15) is 39.0 Å². The van der Waals surface area contributed by atoms with Gasteiger partial charge in [-0.1, -0.05) is 38.0 Å². The number of fused-ring (bicyclic) bond motifs is 1. The molecule has 2 rings (SSSR count). The van der Waals surface area contributed by atoms with Gasteiger partial charge in [-0.3, -0.25) is 4.79 Å². The van der Waals surface area contributed by atoms with Crippen molar-refractivity contribution in [2.75, 3.05) is 0 Å². The number of carbonyl (C=O) groups excluding carboxylic acids is 1. The summed E-state index contributed by atoms with van der Waals surface area (Å²) in [5, 5.41) is 0. The summed E-state index contributed by atoms with van der Waals surface area (Å²) in [6, 6.07) is 0. The van der Waals surface area contributed by atoms with Crippen LogP contribution >= 0.6 is 0 Å². The Labute approximate surface area is 92.3 Å². The monoisotopic (exact) mass is 204 g/mol. The Balaban J connectivity index is 2.18. The molecule has 15 heavy (non-hydrogen) atoms. The number of carbonyl (C=O) groups is 1. The molecule has 0 spiro atoms. The maximum Gasteiger partial charge on any atom is 0.147 e. The van der Waals surface area contributed by atoms with E-state index in [1.54, 1.807) is 0 Å². The summed E-state index contributed by atoms with van der Waals surface area (Å²) < 4.78 is 0. The van der Waals surface area contributed by atoms with Gasteiger partial charge in [-0.15, -0.1) is 6.58 Å². The van der Waals surface area contributed by atoms with Gasteiger partial charge in [0, 0.05) is 11.8 Å². The molecule has 0 aromatic heterocycles. The summed E-state index contributed by atoms with van der Waals surface area (Å²) in [7, 11) is 0. The minimum absolute atomic E-state index is 0.197. The van der Waals surface area contributed by atoms with Crippen LogP contribution in [0.4, 0.5) is 0 Å². The molecule has 1 saturated carbocycles. The quantitative estimate of drug-likeness (QED) is 0.640. The van der Waals surface area contributed by atoms with Crippen LogP contribution in [-0.4, -0.2) is 5.78 Å². The number of Topliss-reactive ketones (excluding diaryl/α,β-unsaturated/α-hetero) is 1. The lowest BCUT2D eigenvalue weighted by molar-refractivity contribution is -0.149. The van der Waals surface area contributed by atoms with Crippen LogP contribution in [-0.2, 0) is 4.79 Å². The molecule has 0 heterocycles. The van der Waals surface area contributed by atoms with Gasteiger partial charge < -0.3 is 0 Å². The zero-order valence-electron chi connectivity index (χ0n) is 9.54. The Morgan fingerprint density at radius 2 is 2.47 bits per heavy atom. The normalized spacial score (nSPS) is 38.3. The Bertz CT molecular complexity index is 302. The molecule has 3 atom stereocenters. The first-order valence-electron chi connectivity index (χ1n) is 6.11. The second kappa shape index (κ2) is 3.96. The third-order valence-corrected chi connectivity index (χ3v) is 4.12. The van der Waals surface area contributed by atoms with Gasteiger partial charge >= 0.3 is 0 Å². The van der Waals surface area contributed by atoms with Crippen molar-refractivity contribution in [2.45, 2.75) is 39.0 Å². The molecule has 0 aromatic rings. The van der Waals surface area contributed by atoms with Gasteiger partial charge in [0.2, 0.25) is 0 Å². The van der Waals surface area contributed by atoms with Crippen LogP contribution in [0, 0.1) is 17.3 Å². The van der Waals surface area contributed by atoms with Crippen LogP contribution in [0.5, 0.6) is 0 Å². The highest BCUT2D eigenvalue weighted by atomic mass is 16.1. The second-order valence-electron chi connectivity index (χ2n) is 4.85. The van der Waals surface area contributed by atoms with Gasteiger partial charge in [0.05, 0.1) is 5.41 Å². The highest BCUT2D eigenvalue weighted by Crippen LogP contribution is 2.55. The molecule has 0 aliphatic heterocycles. The van der Waals surface area contributed by atoms with E-state index >= 15 is 0 Å². The summed E-state index contributed by atoms with van der Waals surface area (Å²) >= 11 is 0. The highest BCUT2D eigenvalue weighted by molar-refractivity contribution is 5.96. The standard InChI is InChI=1S/C14H20O/c1-3-5-10-14(4-2)12-9-7-6-8-11(12)13(14)15/h4,7,9,11-12H,2-3,5-6,8,10H2,1H3/t11-,12+,14+/m0/s1. The molecule has 0 radical (unpaired) electrons. The summed E-state index contributed by atoms with van der Waals surface area (Å²) in [6.45, 7) is 6.07. The zero-order chi connectivity index (χ0) is 10.9. The summed E-state index contributed by atoms with van der Waals surface area (Å²) in [4.78, 5) is 12.1. The van der Waals surface area contributed by atoms with E-state index in [-0.39, 0.29) is 5.41 Å². The Morgan fingerprint density at radius 3 is 3.13 bits per heavy atom. The largest absolute Gasteiger partial charge is 0.298 e. The van der Waals surface area contributed by atoms with Crippen LogP contribution < -0.4 is 0 Å². The molecule has 0 saturated heterocycles. The minimum Gasteiger partial charge on any atom is -0.298 e. The Kier molecular flexibility index (Phi) is 2.81. The van der Waals surface area contributed by atoms with Crippen LogP contribution in [0.15, 0.2) is 24.8 Å². The first kappa shape index (κ1) is 10.7. The van der Waals surface area contributed by atoms with Gasteiger partial charge in [0.25, 0.3) is 0 Å². The summed E-state index contributed by atoms with van der Waals surface area (Å²) in [5.41, 5.74) is -0.197. The van der Waals surface area contributed by atoms with E-state index in [0.717, 1.165) is 32.1 Å². The van der Waals surface area contributed by atoms with E-state index in [9.17, 15) is 4.79 Å². The average molecular weight is 204 g/mol. The van der Waals surface area contributed by atoms with Crippen molar-refractivity contribution in [3.05, 3.63) is 24.8 Å². The molecule has 0 bridgehead atoms. The zero-order valence-corrected chi connectivity index (χ0v) is 9.54. The predicted octanol–water partition coefficient (Wildman–Crippen LogP) is 3.51. The van der Waals surface area contributed by atoms with Crippen molar-refractivity contribution in [1.29, 1.82) is 0 Å². The van der Waals surface area contributed by atoms with Gasteiger partial charge in [-0.05, 0) is 19.3 Å². The van der Waals surface area contributed by atoms with Crippen LogP contribution in [0.25, 0.3) is 0 Å². The maximum atomic E-state index is 12.1. The highest BCUT2D eigenvalue weighted by Gasteiger charge is 2.58. The van der Waals surface area contributed by atoms with Crippen molar-refractivity contribution in [2.24, 2.45) is 17.3 Å². The smallest absolute Gasteiger partial charge is 0.147 e. The number of rotatable bonds is 4. The molecule has 0 unspecified atom stereocenters. The molecular weight excluding hydrogens is 184 g/mol. The summed E-state index contributed by atoms with van der Waals surface area (Å²) in [6.07, 6.45) is 11.8. The van der Waals surface area contributed by atoms with Gasteiger partial charge in [0.1, 0.15) is 5.78 Å². The van der Waals surface area contributed by atoms with Gasteiger partial charge in [0.15, 0.2) is 0 Å². The van der Waals surface area contributed by atoms with E-state index in [1.165, 1.54) is 0 Å². The van der Waals surface area contributed by atoms with Gasteiger partial charge in [-0.2, -0.15) is 0 Å². The Hall–Kier alpha value is -0.850. The first-order valence-corrected chi connectivity index (χ1v) is 6.11. The molecule has 0 N–H and O–H groups in total. The molecular formula is C14H20O. The third-order valence-electron chi connectivity index (χ3n) is 4.12. The fourth-order valence-corrected chi connectivity index (χ4v) is 3.17. The number of unbranched alkanes of at least 4 members (excludes halogenated alkanes) is 1. The van der Waals surface area contributed by atoms with E-state index in [1.807, 2.05) is 6.08 Å². The van der Waals surface area contributed by atoms with Crippen molar-refractivity contribution < 1.29 is 4.79 Å². The number of allylic oxidation sites excluding steroid dienone is 3. The number of hydrogen-bond acceptors (Lipinski definition) is 1. The third kappa shape index (κ3) is 1.40. The van der Waals surface area contributed by atoms with Crippen molar-refractivity contribution in [1.82, 2.24) is 0 Å². The molecule has 1 fully saturated rings. The lowest BCUT2D eigenvalue weighted by atomic mass is 9.49.